The average Bonchev–Trinajstić information content (AvgIpc) is 2.57. The van der Waals surface area contributed by atoms with Gasteiger partial charge in [-0.3, -0.25) is 0 Å². The number of rotatable bonds is 2. The van der Waals surface area contributed by atoms with Crippen molar-refractivity contribution in [1.82, 2.24) is 9.66 Å². The van der Waals surface area contributed by atoms with Crippen LogP contribution in [0.3, 0.4) is 0 Å². The molecule has 0 fully saturated rings. The molecule has 18 heavy (non-hydrogen) atoms. The maximum atomic E-state index is 6.06. The third-order valence-electron chi connectivity index (χ3n) is 3.13. The van der Waals surface area contributed by atoms with Gasteiger partial charge in [0.15, 0.2) is 5.82 Å². The van der Waals surface area contributed by atoms with Gasteiger partial charge in [0.1, 0.15) is 11.5 Å². The van der Waals surface area contributed by atoms with Gasteiger partial charge in [-0.2, -0.15) is 0 Å². The summed E-state index contributed by atoms with van der Waals surface area (Å²) in [5.41, 5.74) is 10.3. The van der Waals surface area contributed by atoms with E-state index in [9.17, 15) is 0 Å². The highest BCUT2D eigenvalue weighted by Crippen LogP contribution is 2.30. The number of aromatic nitrogens is 2. The monoisotopic (exact) mass is 244 g/mol. The molecular formula is C14H20N4. The molecule has 1 heterocycles. The summed E-state index contributed by atoms with van der Waals surface area (Å²) in [5, 5.41) is 0. The Labute approximate surface area is 108 Å². The number of hydrogen-bond donors (Lipinski definition) is 2. The SMILES string of the molecule is Cc1ccc(-c2nc(C(C)C)n(N)c2N)c(C)c1. The minimum atomic E-state index is 0.247. The second-order valence-electron chi connectivity index (χ2n) is 5.05. The zero-order chi connectivity index (χ0) is 13.4. The quantitative estimate of drug-likeness (QED) is 0.798. The van der Waals surface area contributed by atoms with Crippen molar-refractivity contribution in [1.29, 1.82) is 0 Å². The van der Waals surface area contributed by atoms with E-state index in [0.717, 1.165) is 22.6 Å². The highest BCUT2D eigenvalue weighted by atomic mass is 15.4. The van der Waals surface area contributed by atoms with Gasteiger partial charge in [-0.15, -0.1) is 0 Å². The number of aryl methyl sites for hydroxylation is 2. The molecule has 0 bridgehead atoms. The van der Waals surface area contributed by atoms with Crippen LogP contribution in [-0.4, -0.2) is 9.66 Å². The Bertz CT molecular complexity index is 582. The van der Waals surface area contributed by atoms with E-state index in [0.29, 0.717) is 5.82 Å². The predicted octanol–water partition coefficient (Wildman–Crippen LogP) is 2.59. The molecule has 0 atom stereocenters. The van der Waals surface area contributed by atoms with Crippen LogP contribution in [0.4, 0.5) is 5.82 Å². The van der Waals surface area contributed by atoms with Crippen LogP contribution in [-0.2, 0) is 0 Å². The number of anilines is 1. The Kier molecular flexibility index (Phi) is 3.03. The fourth-order valence-electron chi connectivity index (χ4n) is 2.15. The summed E-state index contributed by atoms with van der Waals surface area (Å²) in [7, 11) is 0. The fraction of sp³-hybridized carbons (Fsp3) is 0.357. The third kappa shape index (κ3) is 1.94. The predicted molar refractivity (Wildman–Crippen MR) is 75.8 cm³/mol. The third-order valence-corrected chi connectivity index (χ3v) is 3.13. The largest absolute Gasteiger partial charge is 0.382 e. The first-order valence-corrected chi connectivity index (χ1v) is 6.12. The van der Waals surface area contributed by atoms with Gasteiger partial charge >= 0.3 is 0 Å². The van der Waals surface area contributed by atoms with Crippen molar-refractivity contribution >= 4 is 5.82 Å². The van der Waals surface area contributed by atoms with E-state index >= 15 is 0 Å². The smallest absolute Gasteiger partial charge is 0.150 e. The molecule has 96 valence electrons. The van der Waals surface area contributed by atoms with Crippen LogP contribution in [0.15, 0.2) is 18.2 Å². The van der Waals surface area contributed by atoms with E-state index in [2.05, 4.69) is 44.8 Å². The van der Waals surface area contributed by atoms with Crippen molar-refractivity contribution in [2.75, 3.05) is 11.6 Å². The van der Waals surface area contributed by atoms with Crippen molar-refractivity contribution in [2.45, 2.75) is 33.6 Å². The lowest BCUT2D eigenvalue weighted by Crippen LogP contribution is -2.16. The molecular weight excluding hydrogens is 224 g/mol. The van der Waals surface area contributed by atoms with Gasteiger partial charge < -0.3 is 11.6 Å². The molecule has 0 aliphatic rings. The standard InChI is InChI=1S/C14H20N4/c1-8(2)14-17-12(13(15)18(14)16)11-6-5-9(3)7-10(11)4/h5-8H,15-16H2,1-4H3. The average molecular weight is 244 g/mol. The van der Waals surface area contributed by atoms with Gasteiger partial charge in [0.05, 0.1) is 0 Å². The molecule has 0 amide bonds. The summed E-state index contributed by atoms with van der Waals surface area (Å²) in [6.45, 7) is 8.24. The summed E-state index contributed by atoms with van der Waals surface area (Å²) < 4.78 is 1.49. The van der Waals surface area contributed by atoms with Crippen LogP contribution in [0.25, 0.3) is 11.3 Å². The molecule has 0 aliphatic heterocycles. The van der Waals surface area contributed by atoms with Gasteiger partial charge in [-0.25, -0.2) is 9.66 Å². The summed E-state index contributed by atoms with van der Waals surface area (Å²) >= 11 is 0. The van der Waals surface area contributed by atoms with Gasteiger partial charge in [0, 0.05) is 11.5 Å². The topological polar surface area (TPSA) is 69.9 Å². The van der Waals surface area contributed by atoms with Crippen LogP contribution in [0.5, 0.6) is 0 Å². The molecule has 0 unspecified atom stereocenters. The highest BCUT2D eigenvalue weighted by molar-refractivity contribution is 5.74. The van der Waals surface area contributed by atoms with Crippen LogP contribution >= 0.6 is 0 Å². The van der Waals surface area contributed by atoms with Crippen LogP contribution in [0, 0.1) is 13.8 Å². The van der Waals surface area contributed by atoms with E-state index in [1.165, 1.54) is 10.2 Å². The molecule has 1 aromatic heterocycles. The van der Waals surface area contributed by atoms with E-state index < -0.39 is 0 Å². The summed E-state index contributed by atoms with van der Waals surface area (Å²) in [4.78, 5) is 4.58. The van der Waals surface area contributed by atoms with Gasteiger partial charge in [0.25, 0.3) is 0 Å². The first-order chi connectivity index (χ1) is 8.41. The molecule has 0 saturated heterocycles. The lowest BCUT2D eigenvalue weighted by Gasteiger charge is -2.05. The summed E-state index contributed by atoms with van der Waals surface area (Å²) in [5.74, 6) is 7.52. The zero-order valence-corrected chi connectivity index (χ0v) is 11.4. The number of hydrogen-bond acceptors (Lipinski definition) is 3. The number of nitrogens with zero attached hydrogens (tertiary/aromatic N) is 2. The van der Waals surface area contributed by atoms with Gasteiger partial charge in [0.2, 0.25) is 0 Å². The minimum Gasteiger partial charge on any atom is -0.382 e. The number of nitrogens with two attached hydrogens (primary N) is 2. The lowest BCUT2D eigenvalue weighted by molar-refractivity contribution is 0.739. The maximum Gasteiger partial charge on any atom is 0.150 e. The number of benzene rings is 1. The second kappa shape index (κ2) is 4.37. The Morgan fingerprint density at radius 2 is 1.89 bits per heavy atom. The van der Waals surface area contributed by atoms with Gasteiger partial charge in [-0.1, -0.05) is 37.6 Å². The molecule has 0 spiro atoms. The van der Waals surface area contributed by atoms with Crippen molar-refractivity contribution in [3.05, 3.63) is 35.2 Å². The van der Waals surface area contributed by atoms with Crippen molar-refractivity contribution in [3.63, 3.8) is 0 Å². The fourth-order valence-corrected chi connectivity index (χ4v) is 2.15. The van der Waals surface area contributed by atoms with E-state index in [4.69, 9.17) is 11.6 Å². The Morgan fingerprint density at radius 3 is 2.39 bits per heavy atom. The van der Waals surface area contributed by atoms with Crippen molar-refractivity contribution in [3.8, 4) is 11.3 Å². The maximum absolute atomic E-state index is 6.06. The summed E-state index contributed by atoms with van der Waals surface area (Å²) in [6, 6.07) is 6.24. The van der Waals surface area contributed by atoms with Crippen molar-refractivity contribution < 1.29 is 0 Å². The summed E-state index contributed by atoms with van der Waals surface area (Å²) in [6.07, 6.45) is 0. The normalized spacial score (nSPS) is 11.2. The van der Waals surface area contributed by atoms with Gasteiger partial charge in [-0.05, 0) is 19.4 Å². The molecule has 4 N–H and O–H groups in total. The Balaban J connectivity index is 2.61. The molecule has 4 heteroatoms. The molecule has 2 rings (SSSR count). The Hall–Kier alpha value is -1.97. The first kappa shape index (κ1) is 12.5. The Morgan fingerprint density at radius 1 is 1.22 bits per heavy atom. The molecule has 2 aromatic rings. The van der Waals surface area contributed by atoms with Crippen LogP contribution in [0.1, 0.15) is 36.7 Å². The van der Waals surface area contributed by atoms with Crippen LogP contribution < -0.4 is 11.6 Å². The highest BCUT2D eigenvalue weighted by Gasteiger charge is 2.17. The second-order valence-corrected chi connectivity index (χ2v) is 5.05. The van der Waals surface area contributed by atoms with Crippen LogP contribution in [0.2, 0.25) is 0 Å². The molecule has 0 radical (unpaired) electrons. The van der Waals surface area contributed by atoms with E-state index in [1.807, 2.05) is 6.07 Å². The van der Waals surface area contributed by atoms with E-state index in [1.54, 1.807) is 0 Å². The first-order valence-electron chi connectivity index (χ1n) is 6.12. The minimum absolute atomic E-state index is 0.247. The molecule has 1 aromatic carbocycles. The number of imidazole rings is 1. The molecule has 0 aliphatic carbocycles. The van der Waals surface area contributed by atoms with E-state index in [-0.39, 0.29) is 5.92 Å². The number of nitrogen functional groups attached to an aromatic ring is 2. The molecule has 4 nitrogen and oxygen atoms in total. The molecule has 0 saturated carbocycles. The zero-order valence-electron chi connectivity index (χ0n) is 11.4. The van der Waals surface area contributed by atoms with Crippen molar-refractivity contribution in [2.24, 2.45) is 0 Å². The lowest BCUT2D eigenvalue weighted by atomic mass is 10.0.